The van der Waals surface area contributed by atoms with E-state index in [2.05, 4.69) is 16.7 Å². The summed E-state index contributed by atoms with van der Waals surface area (Å²) in [5.41, 5.74) is 3.09. The summed E-state index contributed by atoms with van der Waals surface area (Å²) in [6, 6.07) is 12.1. The Hall–Kier alpha value is -3.03. The first-order valence-corrected chi connectivity index (χ1v) is 12.1. The molecule has 0 saturated carbocycles. The van der Waals surface area contributed by atoms with E-state index < -0.39 is 11.8 Å². The van der Waals surface area contributed by atoms with E-state index in [9.17, 15) is 10.1 Å². The van der Waals surface area contributed by atoms with Crippen molar-refractivity contribution < 1.29 is 18.3 Å². The molecule has 2 aliphatic heterocycles. The van der Waals surface area contributed by atoms with Crippen LogP contribution in [-0.2, 0) is 22.4 Å². The summed E-state index contributed by atoms with van der Waals surface area (Å²) in [6.45, 7) is 4.03. The van der Waals surface area contributed by atoms with Crippen LogP contribution in [0, 0.1) is 17.1 Å². The van der Waals surface area contributed by atoms with E-state index in [-0.39, 0.29) is 24.4 Å². The van der Waals surface area contributed by atoms with Gasteiger partial charge in [0.25, 0.3) is 0 Å². The molecule has 9 heteroatoms. The zero-order valence-corrected chi connectivity index (χ0v) is 19.5. The lowest BCUT2D eigenvalue weighted by Gasteiger charge is -2.26. The monoisotopic (exact) mass is 480 g/mol. The highest BCUT2D eigenvalue weighted by molar-refractivity contribution is 5.80. The minimum absolute atomic E-state index is 0.00772. The van der Waals surface area contributed by atoms with Crippen LogP contribution in [0.4, 0.5) is 4.39 Å². The number of halogens is 1. The summed E-state index contributed by atoms with van der Waals surface area (Å²) in [5.74, 6) is -0.793. The fraction of sp³-hybridized carbons (Fsp3) is 0.462. The van der Waals surface area contributed by atoms with Crippen LogP contribution in [0.25, 0.3) is 22.2 Å². The molecule has 2 N–H and O–H groups in total. The molecule has 2 aliphatic rings. The normalized spacial score (nSPS) is 21.3. The number of nitrogens with zero attached hydrogens (tertiary/aromatic N) is 2. The molecule has 8 nitrogen and oxygen atoms in total. The van der Waals surface area contributed by atoms with Gasteiger partial charge in [0.1, 0.15) is 5.82 Å². The number of rotatable bonds is 8. The highest BCUT2D eigenvalue weighted by Gasteiger charge is 2.22. The first kappa shape index (κ1) is 23.7. The lowest BCUT2D eigenvalue weighted by Crippen LogP contribution is -2.40. The fourth-order valence-electron chi connectivity index (χ4n) is 4.50. The number of hydrogen-bond acceptors (Lipinski definition) is 7. The van der Waals surface area contributed by atoms with Gasteiger partial charge in [-0.2, -0.15) is 5.26 Å². The lowest BCUT2D eigenvalue weighted by atomic mass is 10.00. The Balaban J connectivity index is 1.29. The number of fused-ring (bicyclic) bond motifs is 1. The summed E-state index contributed by atoms with van der Waals surface area (Å²) >= 11 is 0. The molecule has 0 radical (unpaired) electrons. The molecule has 0 bridgehead atoms. The Labute approximate surface area is 202 Å². The van der Waals surface area contributed by atoms with Gasteiger partial charge in [0.15, 0.2) is 5.58 Å². The van der Waals surface area contributed by atoms with Crippen molar-refractivity contribution in [3.63, 3.8) is 0 Å². The van der Waals surface area contributed by atoms with Gasteiger partial charge >= 0.3 is 5.76 Å². The maximum Gasteiger partial charge on any atom is 0.420 e. The summed E-state index contributed by atoms with van der Waals surface area (Å²) in [6.07, 6.45) is 2.14. The Morgan fingerprint density at radius 2 is 1.97 bits per heavy atom. The molecule has 3 atom stereocenters. The molecule has 5 rings (SSSR count). The molecular weight excluding hydrogens is 451 g/mol. The first-order chi connectivity index (χ1) is 17.1. The number of benzene rings is 2. The molecule has 2 aromatic carbocycles. The number of hydrogen-bond donors (Lipinski definition) is 2. The predicted octanol–water partition coefficient (Wildman–Crippen LogP) is 2.59. The highest BCUT2D eigenvalue weighted by Crippen LogP contribution is 2.27. The predicted molar refractivity (Wildman–Crippen MR) is 129 cm³/mol. The van der Waals surface area contributed by atoms with Crippen LogP contribution in [-0.4, -0.2) is 55.7 Å². The van der Waals surface area contributed by atoms with E-state index in [4.69, 9.17) is 13.9 Å². The average Bonchev–Trinajstić information content (AvgIpc) is 2.98. The molecule has 0 aliphatic carbocycles. The van der Waals surface area contributed by atoms with Gasteiger partial charge in [-0.3, -0.25) is 9.88 Å². The van der Waals surface area contributed by atoms with Crippen molar-refractivity contribution in [2.24, 2.45) is 0 Å². The van der Waals surface area contributed by atoms with Crippen molar-refractivity contribution in [3.05, 3.63) is 58.3 Å². The van der Waals surface area contributed by atoms with Crippen molar-refractivity contribution in [1.82, 2.24) is 15.2 Å². The van der Waals surface area contributed by atoms with Crippen LogP contribution >= 0.6 is 0 Å². The second-order valence-electron chi connectivity index (χ2n) is 9.09. The van der Waals surface area contributed by atoms with Gasteiger partial charge in [0.2, 0.25) is 0 Å². The minimum Gasteiger partial charge on any atom is -0.408 e. The summed E-state index contributed by atoms with van der Waals surface area (Å²) < 4.78 is 33.2. The van der Waals surface area contributed by atoms with Gasteiger partial charge < -0.3 is 19.2 Å². The third-order valence-electron chi connectivity index (χ3n) is 6.63. The van der Waals surface area contributed by atoms with Crippen molar-refractivity contribution >= 4 is 11.1 Å². The third-order valence-corrected chi connectivity index (χ3v) is 6.63. The van der Waals surface area contributed by atoms with Crippen LogP contribution < -0.4 is 16.4 Å². The van der Waals surface area contributed by atoms with E-state index in [1.165, 1.54) is 6.07 Å². The van der Waals surface area contributed by atoms with E-state index in [1.54, 1.807) is 16.7 Å². The van der Waals surface area contributed by atoms with Gasteiger partial charge in [-0.05, 0) is 54.3 Å². The molecule has 2 saturated heterocycles. The standard InChI is InChI=1S/C26H29FN4O4/c27-23-11-17(2-3-19(23)10-20(13-28)30-15-22-14-29-7-1-8-33-22)18-4-5-25-24(12-18)31(26(32)35-25)16-21-6-9-34-21/h2-5,11-12,20-22,29-30H,1,6-10,14-16H2/t20-,21?,22?/m0/s1. The van der Waals surface area contributed by atoms with Crippen LogP contribution in [0.1, 0.15) is 18.4 Å². The van der Waals surface area contributed by atoms with Gasteiger partial charge in [0, 0.05) is 32.7 Å². The number of aromatic nitrogens is 1. The van der Waals surface area contributed by atoms with E-state index in [1.807, 2.05) is 18.2 Å². The van der Waals surface area contributed by atoms with E-state index in [0.717, 1.165) is 31.5 Å². The molecule has 0 amide bonds. The van der Waals surface area contributed by atoms with Crippen molar-refractivity contribution in [2.75, 3.05) is 32.8 Å². The largest absolute Gasteiger partial charge is 0.420 e. The molecule has 2 fully saturated rings. The summed E-state index contributed by atoms with van der Waals surface area (Å²) in [7, 11) is 0. The van der Waals surface area contributed by atoms with Crippen LogP contribution in [0.3, 0.4) is 0 Å². The number of nitrogens with one attached hydrogen (secondary N) is 2. The number of oxazole rings is 1. The van der Waals surface area contributed by atoms with Crippen molar-refractivity contribution in [3.8, 4) is 17.2 Å². The SMILES string of the molecule is N#C[C@H](Cc1ccc(-c2ccc3oc(=O)n(CC4CCO4)c3c2)cc1F)NCC1CNCCCO1. The molecule has 3 aromatic rings. The molecule has 3 heterocycles. The van der Waals surface area contributed by atoms with Crippen LogP contribution in [0.2, 0.25) is 0 Å². The zero-order valence-electron chi connectivity index (χ0n) is 19.5. The van der Waals surface area contributed by atoms with Gasteiger partial charge in [-0.25, -0.2) is 9.18 Å². The Kier molecular flexibility index (Phi) is 7.25. The van der Waals surface area contributed by atoms with Crippen molar-refractivity contribution in [2.45, 2.75) is 44.1 Å². The fourth-order valence-corrected chi connectivity index (χ4v) is 4.50. The zero-order chi connectivity index (χ0) is 24.2. The van der Waals surface area contributed by atoms with Gasteiger partial charge in [-0.15, -0.1) is 0 Å². The average molecular weight is 481 g/mol. The molecule has 0 spiro atoms. The quantitative estimate of drug-likeness (QED) is 0.511. The first-order valence-electron chi connectivity index (χ1n) is 12.1. The van der Waals surface area contributed by atoms with Crippen molar-refractivity contribution in [1.29, 1.82) is 5.26 Å². The summed E-state index contributed by atoms with van der Waals surface area (Å²) in [4.78, 5) is 12.3. The third kappa shape index (κ3) is 5.46. The highest BCUT2D eigenvalue weighted by atomic mass is 19.1. The van der Waals surface area contributed by atoms with Crippen LogP contribution in [0.15, 0.2) is 45.6 Å². The van der Waals surface area contributed by atoms with Gasteiger partial charge in [-0.1, -0.05) is 18.2 Å². The number of ether oxygens (including phenoxy) is 2. The second-order valence-corrected chi connectivity index (χ2v) is 9.09. The molecule has 35 heavy (non-hydrogen) atoms. The molecular formula is C26H29FN4O4. The lowest BCUT2D eigenvalue weighted by molar-refractivity contribution is -0.0594. The maximum atomic E-state index is 15.0. The number of nitriles is 1. The molecule has 2 unspecified atom stereocenters. The van der Waals surface area contributed by atoms with E-state index >= 15 is 4.39 Å². The van der Waals surface area contributed by atoms with Crippen LogP contribution in [0.5, 0.6) is 0 Å². The Bertz CT molecular complexity index is 1270. The molecule has 1 aromatic heterocycles. The molecule has 184 valence electrons. The minimum atomic E-state index is -0.521. The smallest absolute Gasteiger partial charge is 0.408 e. The van der Waals surface area contributed by atoms with Gasteiger partial charge in [0.05, 0.1) is 36.4 Å². The second kappa shape index (κ2) is 10.7. The Morgan fingerprint density at radius 1 is 1.17 bits per heavy atom. The topological polar surface area (TPSA) is 101 Å². The Morgan fingerprint density at radius 3 is 2.74 bits per heavy atom. The van der Waals surface area contributed by atoms with E-state index in [0.29, 0.717) is 48.5 Å². The maximum absolute atomic E-state index is 15.0. The summed E-state index contributed by atoms with van der Waals surface area (Å²) in [5, 5.41) is 16.1.